The zero-order chi connectivity index (χ0) is 15.5. The molecule has 0 spiro atoms. The van der Waals surface area contributed by atoms with E-state index in [1.54, 1.807) is 24.3 Å². The van der Waals surface area contributed by atoms with Gasteiger partial charge in [0, 0.05) is 26.2 Å². The number of carbonyl (C=O) groups is 1. The molecule has 1 aromatic carbocycles. The number of amidine groups is 1. The summed E-state index contributed by atoms with van der Waals surface area (Å²) >= 11 is 1.42. The van der Waals surface area contributed by atoms with E-state index in [1.165, 1.54) is 11.8 Å². The molecule has 0 radical (unpaired) electrons. The van der Waals surface area contributed by atoms with Gasteiger partial charge in [-0.05, 0) is 42.1 Å². The van der Waals surface area contributed by atoms with Crippen LogP contribution in [0.4, 0.5) is 0 Å². The third-order valence-corrected chi connectivity index (χ3v) is 4.91. The zero-order valence-corrected chi connectivity index (χ0v) is 13.3. The Bertz CT molecular complexity index is 634. The minimum atomic E-state index is -0.193. The van der Waals surface area contributed by atoms with Crippen molar-refractivity contribution in [2.45, 2.75) is 6.92 Å². The molecule has 0 aliphatic carbocycles. The molecule has 1 N–H and O–H groups in total. The van der Waals surface area contributed by atoms with Gasteiger partial charge in [0.15, 0.2) is 5.17 Å². The summed E-state index contributed by atoms with van der Waals surface area (Å²) in [6.45, 7) is 7.07. The summed E-state index contributed by atoms with van der Waals surface area (Å²) in [6.07, 6.45) is 1.78. The number of amides is 1. The minimum absolute atomic E-state index is 0.193. The average molecular weight is 317 g/mol. The van der Waals surface area contributed by atoms with Gasteiger partial charge in [-0.1, -0.05) is 19.1 Å². The van der Waals surface area contributed by atoms with Crippen LogP contribution in [0.15, 0.2) is 34.2 Å². The predicted molar refractivity (Wildman–Crippen MR) is 89.8 cm³/mol. The molecular formula is C16H19N3O2S. The van der Waals surface area contributed by atoms with E-state index in [4.69, 9.17) is 0 Å². The van der Waals surface area contributed by atoms with Crippen molar-refractivity contribution in [2.75, 3.05) is 32.7 Å². The van der Waals surface area contributed by atoms with Crippen LogP contribution < -0.4 is 0 Å². The molecule has 2 aliphatic heterocycles. The Kier molecular flexibility index (Phi) is 4.49. The van der Waals surface area contributed by atoms with Crippen molar-refractivity contribution in [3.8, 4) is 5.75 Å². The largest absolute Gasteiger partial charge is 0.508 e. The van der Waals surface area contributed by atoms with Crippen molar-refractivity contribution in [1.29, 1.82) is 0 Å². The Morgan fingerprint density at radius 2 is 2.09 bits per heavy atom. The number of phenols is 1. The van der Waals surface area contributed by atoms with Crippen molar-refractivity contribution in [1.82, 2.24) is 9.80 Å². The molecule has 1 saturated heterocycles. The number of rotatable bonds is 2. The van der Waals surface area contributed by atoms with Crippen LogP contribution in [-0.4, -0.2) is 58.7 Å². The molecule has 5 nitrogen and oxygen atoms in total. The average Bonchev–Trinajstić information content (AvgIpc) is 2.88. The summed E-state index contributed by atoms with van der Waals surface area (Å²) in [6, 6.07) is 6.87. The van der Waals surface area contributed by atoms with E-state index in [0.717, 1.165) is 43.5 Å². The second kappa shape index (κ2) is 6.54. The van der Waals surface area contributed by atoms with Gasteiger partial charge in [0.1, 0.15) is 5.75 Å². The van der Waals surface area contributed by atoms with Crippen LogP contribution in [0.5, 0.6) is 5.75 Å². The minimum Gasteiger partial charge on any atom is -0.508 e. The molecule has 116 valence electrons. The Morgan fingerprint density at radius 1 is 1.32 bits per heavy atom. The fraction of sp³-hybridized carbons (Fsp3) is 0.375. The van der Waals surface area contributed by atoms with Crippen LogP contribution in [-0.2, 0) is 4.79 Å². The van der Waals surface area contributed by atoms with E-state index in [2.05, 4.69) is 21.7 Å². The van der Waals surface area contributed by atoms with Gasteiger partial charge in [0.2, 0.25) is 0 Å². The first-order chi connectivity index (χ1) is 10.7. The number of nitrogens with zero attached hydrogens (tertiary/aromatic N) is 3. The smallest absolute Gasteiger partial charge is 0.286 e. The zero-order valence-electron chi connectivity index (χ0n) is 12.5. The number of piperazine rings is 1. The van der Waals surface area contributed by atoms with Gasteiger partial charge >= 0.3 is 0 Å². The maximum atomic E-state index is 12.1. The summed E-state index contributed by atoms with van der Waals surface area (Å²) in [4.78, 5) is 21.4. The highest BCUT2D eigenvalue weighted by molar-refractivity contribution is 8.18. The van der Waals surface area contributed by atoms with Gasteiger partial charge in [-0.25, -0.2) is 0 Å². The van der Waals surface area contributed by atoms with Gasteiger partial charge in [0.25, 0.3) is 5.91 Å². The number of aromatic hydroxyl groups is 1. The molecule has 1 amide bonds. The van der Waals surface area contributed by atoms with E-state index in [1.807, 2.05) is 6.07 Å². The Hall–Kier alpha value is -1.79. The van der Waals surface area contributed by atoms with Gasteiger partial charge in [-0.3, -0.25) is 4.79 Å². The molecule has 0 atom stereocenters. The molecule has 0 aromatic heterocycles. The Morgan fingerprint density at radius 3 is 2.77 bits per heavy atom. The lowest BCUT2D eigenvalue weighted by Gasteiger charge is -2.34. The maximum absolute atomic E-state index is 12.1. The lowest BCUT2D eigenvalue weighted by atomic mass is 10.2. The van der Waals surface area contributed by atoms with Crippen molar-refractivity contribution < 1.29 is 9.90 Å². The molecule has 1 aromatic rings. The van der Waals surface area contributed by atoms with E-state index in [0.29, 0.717) is 4.91 Å². The van der Waals surface area contributed by atoms with E-state index in [9.17, 15) is 9.90 Å². The maximum Gasteiger partial charge on any atom is 0.286 e. The number of likely N-dealkylation sites (N-methyl/N-ethyl adjacent to an activating group) is 1. The lowest BCUT2D eigenvalue weighted by molar-refractivity contribution is -0.113. The number of benzene rings is 1. The first-order valence-corrected chi connectivity index (χ1v) is 8.26. The fourth-order valence-corrected chi connectivity index (χ4v) is 3.52. The number of hydrogen-bond acceptors (Lipinski definition) is 5. The fourth-order valence-electron chi connectivity index (χ4n) is 2.55. The van der Waals surface area contributed by atoms with Crippen LogP contribution >= 0.6 is 11.8 Å². The third-order valence-electron chi connectivity index (χ3n) is 3.87. The molecule has 1 fully saturated rings. The predicted octanol–water partition coefficient (Wildman–Crippen LogP) is 2.00. The third kappa shape index (κ3) is 3.34. The molecule has 0 saturated carbocycles. The number of carbonyl (C=O) groups excluding carboxylic acids is 1. The standard InChI is InChI=1S/C16H19N3O2S/c1-2-18-6-8-19(9-7-18)16-17-15(21)14(22-16)11-12-4-3-5-13(20)10-12/h3-5,10-11,20H,2,6-9H2,1H3/b14-11-. The second-order valence-corrected chi connectivity index (χ2v) is 6.34. The molecule has 6 heteroatoms. The van der Waals surface area contributed by atoms with Crippen LogP contribution in [0.2, 0.25) is 0 Å². The summed E-state index contributed by atoms with van der Waals surface area (Å²) in [5, 5.41) is 10.3. The first kappa shape index (κ1) is 15.1. The molecule has 0 unspecified atom stereocenters. The van der Waals surface area contributed by atoms with Crippen LogP contribution in [0.25, 0.3) is 6.08 Å². The molecule has 2 heterocycles. The Labute approximate surface area is 134 Å². The second-order valence-electron chi connectivity index (χ2n) is 5.33. The number of hydrogen-bond donors (Lipinski definition) is 1. The molecule has 2 aliphatic rings. The van der Waals surface area contributed by atoms with Gasteiger partial charge < -0.3 is 14.9 Å². The topological polar surface area (TPSA) is 56.1 Å². The van der Waals surface area contributed by atoms with E-state index < -0.39 is 0 Å². The normalized spacial score (nSPS) is 21.5. The first-order valence-electron chi connectivity index (χ1n) is 7.44. The summed E-state index contributed by atoms with van der Waals surface area (Å²) < 4.78 is 0. The van der Waals surface area contributed by atoms with Crippen molar-refractivity contribution in [2.24, 2.45) is 4.99 Å². The summed E-state index contributed by atoms with van der Waals surface area (Å²) in [5.41, 5.74) is 0.808. The van der Waals surface area contributed by atoms with Gasteiger partial charge in [-0.2, -0.15) is 4.99 Å². The van der Waals surface area contributed by atoms with E-state index >= 15 is 0 Å². The highest BCUT2D eigenvalue weighted by Crippen LogP contribution is 2.31. The van der Waals surface area contributed by atoms with Crippen LogP contribution in [0, 0.1) is 0 Å². The molecule has 3 rings (SSSR count). The van der Waals surface area contributed by atoms with Crippen LogP contribution in [0.3, 0.4) is 0 Å². The SMILES string of the molecule is CCN1CCN(C2=NC(=O)/C(=C/c3cccc(O)c3)S2)CC1. The highest BCUT2D eigenvalue weighted by Gasteiger charge is 2.28. The summed E-state index contributed by atoms with van der Waals surface area (Å²) in [5.74, 6) is 0.00268. The van der Waals surface area contributed by atoms with Crippen LogP contribution in [0.1, 0.15) is 12.5 Å². The van der Waals surface area contributed by atoms with E-state index in [-0.39, 0.29) is 11.7 Å². The molecule has 0 bridgehead atoms. The Balaban J connectivity index is 1.69. The van der Waals surface area contributed by atoms with Gasteiger partial charge in [0.05, 0.1) is 4.91 Å². The number of thioether (sulfide) groups is 1. The quantitative estimate of drug-likeness (QED) is 0.846. The lowest BCUT2D eigenvalue weighted by Crippen LogP contribution is -2.47. The number of phenolic OH excluding ortho intramolecular Hbond substituents is 1. The number of aliphatic imine (C=N–C) groups is 1. The van der Waals surface area contributed by atoms with Gasteiger partial charge in [-0.15, -0.1) is 0 Å². The van der Waals surface area contributed by atoms with Crippen molar-refractivity contribution in [3.05, 3.63) is 34.7 Å². The summed E-state index contributed by atoms with van der Waals surface area (Å²) in [7, 11) is 0. The van der Waals surface area contributed by atoms with Crippen molar-refractivity contribution in [3.63, 3.8) is 0 Å². The van der Waals surface area contributed by atoms with Crippen molar-refractivity contribution >= 4 is 28.9 Å². The molecular weight excluding hydrogens is 298 g/mol. The molecule has 22 heavy (non-hydrogen) atoms. The monoisotopic (exact) mass is 317 g/mol. The highest BCUT2D eigenvalue weighted by atomic mass is 32.2.